The lowest BCUT2D eigenvalue weighted by Crippen LogP contribution is -2.39. The lowest BCUT2D eigenvalue weighted by atomic mass is 10.1. The molecule has 0 aliphatic carbocycles. The van der Waals surface area contributed by atoms with E-state index in [0.717, 1.165) is 44.1 Å². The van der Waals surface area contributed by atoms with Gasteiger partial charge in [-0.15, -0.1) is 0 Å². The van der Waals surface area contributed by atoms with Crippen LogP contribution in [0.2, 0.25) is 0 Å². The average Bonchev–Trinajstić information content (AvgIpc) is 3.21. The van der Waals surface area contributed by atoms with Gasteiger partial charge in [0.1, 0.15) is 11.5 Å². The molecule has 5 heteroatoms. The molecule has 2 atom stereocenters. The minimum absolute atomic E-state index is 0.127. The van der Waals surface area contributed by atoms with E-state index in [4.69, 9.17) is 4.42 Å². The zero-order valence-corrected chi connectivity index (χ0v) is 12.7. The number of likely N-dealkylation sites (tertiary alicyclic amines) is 1. The second kappa shape index (κ2) is 6.62. The number of hydrogen-bond donors (Lipinski definition) is 2. The Bertz CT molecular complexity index is 474. The smallest absolute Gasteiger partial charge is 0.224 e. The van der Waals surface area contributed by atoms with E-state index < -0.39 is 0 Å². The van der Waals surface area contributed by atoms with Crippen LogP contribution in [0.4, 0.5) is 0 Å². The Morgan fingerprint density at radius 3 is 2.90 bits per heavy atom. The van der Waals surface area contributed by atoms with Gasteiger partial charge in [-0.1, -0.05) is 0 Å². The van der Waals surface area contributed by atoms with Gasteiger partial charge in [-0.25, -0.2) is 0 Å². The number of carbonyl (C=O) groups excluding carboxylic acids is 1. The summed E-state index contributed by atoms with van der Waals surface area (Å²) in [5.74, 6) is 2.20. The van der Waals surface area contributed by atoms with E-state index in [9.17, 15) is 4.79 Å². The first-order valence-corrected chi connectivity index (χ1v) is 8.03. The van der Waals surface area contributed by atoms with Crippen LogP contribution in [0, 0.1) is 12.8 Å². The van der Waals surface area contributed by atoms with Gasteiger partial charge in [0.2, 0.25) is 5.91 Å². The van der Waals surface area contributed by atoms with Crippen molar-refractivity contribution in [2.45, 2.75) is 32.2 Å². The standard InChI is InChI=1S/C16H25N3O2/c1-12-4-5-15(21-12)14(19-8-2-3-9-19)11-18-16(20)13-6-7-17-10-13/h4-5,13-14,17H,2-3,6-11H2,1H3,(H,18,20). The Hall–Kier alpha value is -1.33. The van der Waals surface area contributed by atoms with Gasteiger partial charge in [0.05, 0.1) is 12.0 Å². The molecule has 21 heavy (non-hydrogen) atoms. The summed E-state index contributed by atoms with van der Waals surface area (Å²) in [6.07, 6.45) is 3.41. The zero-order chi connectivity index (χ0) is 14.7. The second-order valence-electron chi connectivity index (χ2n) is 6.14. The van der Waals surface area contributed by atoms with Crippen molar-refractivity contribution in [2.75, 3.05) is 32.7 Å². The van der Waals surface area contributed by atoms with Gasteiger partial charge in [0.25, 0.3) is 0 Å². The predicted octanol–water partition coefficient (Wildman–Crippen LogP) is 1.45. The third-order valence-electron chi connectivity index (χ3n) is 4.57. The summed E-state index contributed by atoms with van der Waals surface area (Å²) in [5, 5.41) is 6.37. The van der Waals surface area contributed by atoms with Crippen LogP contribution in [-0.4, -0.2) is 43.5 Å². The van der Waals surface area contributed by atoms with Gasteiger partial charge in [0, 0.05) is 13.1 Å². The maximum atomic E-state index is 12.2. The molecule has 2 aliphatic heterocycles. The second-order valence-corrected chi connectivity index (χ2v) is 6.14. The quantitative estimate of drug-likeness (QED) is 0.862. The largest absolute Gasteiger partial charge is 0.465 e. The van der Waals surface area contributed by atoms with Crippen molar-refractivity contribution < 1.29 is 9.21 Å². The summed E-state index contributed by atoms with van der Waals surface area (Å²) in [4.78, 5) is 14.6. The van der Waals surface area contributed by atoms with E-state index in [1.165, 1.54) is 12.8 Å². The molecule has 2 unspecified atom stereocenters. The van der Waals surface area contributed by atoms with Crippen LogP contribution >= 0.6 is 0 Å². The summed E-state index contributed by atoms with van der Waals surface area (Å²) >= 11 is 0. The van der Waals surface area contributed by atoms with Crippen molar-refractivity contribution in [3.63, 3.8) is 0 Å². The Kier molecular flexibility index (Phi) is 4.60. The lowest BCUT2D eigenvalue weighted by molar-refractivity contribution is -0.124. The van der Waals surface area contributed by atoms with Crippen molar-refractivity contribution in [1.29, 1.82) is 0 Å². The fraction of sp³-hybridized carbons (Fsp3) is 0.688. The highest BCUT2D eigenvalue weighted by Crippen LogP contribution is 2.26. The first-order chi connectivity index (χ1) is 10.2. The predicted molar refractivity (Wildman–Crippen MR) is 81.0 cm³/mol. The molecule has 1 aromatic heterocycles. The fourth-order valence-electron chi connectivity index (χ4n) is 3.32. The molecule has 5 nitrogen and oxygen atoms in total. The highest BCUT2D eigenvalue weighted by molar-refractivity contribution is 5.79. The molecule has 0 aromatic carbocycles. The van der Waals surface area contributed by atoms with Gasteiger partial charge in [-0.3, -0.25) is 9.69 Å². The van der Waals surface area contributed by atoms with Gasteiger partial charge in [-0.2, -0.15) is 0 Å². The Morgan fingerprint density at radius 1 is 1.48 bits per heavy atom. The van der Waals surface area contributed by atoms with E-state index >= 15 is 0 Å². The topological polar surface area (TPSA) is 57.5 Å². The van der Waals surface area contributed by atoms with E-state index in [1.807, 2.05) is 19.1 Å². The molecule has 0 bridgehead atoms. The molecule has 1 amide bonds. The number of furan rings is 1. The summed E-state index contributed by atoms with van der Waals surface area (Å²) in [6.45, 7) is 6.54. The molecule has 0 saturated carbocycles. The van der Waals surface area contributed by atoms with Crippen molar-refractivity contribution in [3.8, 4) is 0 Å². The highest BCUT2D eigenvalue weighted by atomic mass is 16.3. The molecule has 2 fully saturated rings. The molecular formula is C16H25N3O2. The van der Waals surface area contributed by atoms with Crippen molar-refractivity contribution in [3.05, 3.63) is 23.7 Å². The minimum Gasteiger partial charge on any atom is -0.465 e. The van der Waals surface area contributed by atoms with E-state index in [0.29, 0.717) is 6.54 Å². The van der Waals surface area contributed by atoms with Crippen molar-refractivity contribution in [2.24, 2.45) is 5.92 Å². The van der Waals surface area contributed by atoms with E-state index in [2.05, 4.69) is 15.5 Å². The summed E-state index contributed by atoms with van der Waals surface area (Å²) in [5.41, 5.74) is 0. The van der Waals surface area contributed by atoms with E-state index in [-0.39, 0.29) is 17.9 Å². The molecule has 2 aliphatic rings. The SMILES string of the molecule is Cc1ccc(C(CNC(=O)C2CCNC2)N2CCCC2)o1. The Balaban J connectivity index is 1.63. The number of amides is 1. The molecule has 3 rings (SSSR count). The van der Waals surface area contributed by atoms with Gasteiger partial charge >= 0.3 is 0 Å². The first-order valence-electron chi connectivity index (χ1n) is 8.03. The number of hydrogen-bond acceptors (Lipinski definition) is 4. The maximum absolute atomic E-state index is 12.2. The highest BCUT2D eigenvalue weighted by Gasteiger charge is 2.28. The Morgan fingerprint density at radius 2 is 2.29 bits per heavy atom. The average molecular weight is 291 g/mol. The molecule has 2 saturated heterocycles. The van der Waals surface area contributed by atoms with Crippen LogP contribution in [-0.2, 0) is 4.79 Å². The molecule has 2 N–H and O–H groups in total. The van der Waals surface area contributed by atoms with Crippen LogP contribution in [0.25, 0.3) is 0 Å². The molecule has 116 valence electrons. The molecule has 0 radical (unpaired) electrons. The van der Waals surface area contributed by atoms with Gasteiger partial charge in [-0.05, 0) is 58.0 Å². The third kappa shape index (κ3) is 3.47. The van der Waals surface area contributed by atoms with Gasteiger partial charge < -0.3 is 15.1 Å². The van der Waals surface area contributed by atoms with Crippen molar-refractivity contribution in [1.82, 2.24) is 15.5 Å². The minimum atomic E-state index is 0.127. The number of carbonyl (C=O) groups is 1. The normalized spacial score (nSPS) is 24.3. The van der Waals surface area contributed by atoms with Gasteiger partial charge in [0.15, 0.2) is 0 Å². The summed E-state index contributed by atoms with van der Waals surface area (Å²) in [7, 11) is 0. The molecular weight excluding hydrogens is 266 g/mol. The monoisotopic (exact) mass is 291 g/mol. The molecule has 3 heterocycles. The zero-order valence-electron chi connectivity index (χ0n) is 12.7. The summed E-state index contributed by atoms with van der Waals surface area (Å²) < 4.78 is 5.81. The van der Waals surface area contributed by atoms with E-state index in [1.54, 1.807) is 0 Å². The van der Waals surface area contributed by atoms with Crippen molar-refractivity contribution >= 4 is 5.91 Å². The number of rotatable bonds is 5. The Labute approximate surface area is 126 Å². The fourth-order valence-corrected chi connectivity index (χ4v) is 3.32. The number of nitrogens with one attached hydrogen (secondary N) is 2. The van der Waals surface area contributed by atoms with Crippen LogP contribution in [0.1, 0.15) is 36.8 Å². The number of aryl methyl sites for hydroxylation is 1. The molecule has 1 aromatic rings. The van der Waals surface area contributed by atoms with Crippen LogP contribution < -0.4 is 10.6 Å². The number of nitrogens with zero attached hydrogens (tertiary/aromatic N) is 1. The summed E-state index contributed by atoms with van der Waals surface area (Å²) in [6, 6.07) is 4.21. The first kappa shape index (κ1) is 14.6. The lowest BCUT2D eigenvalue weighted by Gasteiger charge is -2.26. The van der Waals surface area contributed by atoms with Crippen LogP contribution in [0.15, 0.2) is 16.5 Å². The van der Waals surface area contributed by atoms with Crippen LogP contribution in [0.3, 0.4) is 0 Å². The third-order valence-corrected chi connectivity index (χ3v) is 4.57. The molecule has 0 spiro atoms. The van der Waals surface area contributed by atoms with Crippen LogP contribution in [0.5, 0.6) is 0 Å². The maximum Gasteiger partial charge on any atom is 0.224 e.